The summed E-state index contributed by atoms with van der Waals surface area (Å²) in [5.74, 6) is 0.596. The van der Waals surface area contributed by atoms with Crippen molar-refractivity contribution in [1.82, 2.24) is 15.4 Å². The number of aliphatic imine (C=N–C) groups is 1. The Morgan fingerprint density at radius 2 is 1.88 bits per heavy atom. The van der Waals surface area contributed by atoms with Crippen LogP contribution in [0.15, 0.2) is 35.3 Å². The van der Waals surface area contributed by atoms with E-state index in [1.807, 2.05) is 37.3 Å². The Kier molecular flexibility index (Phi) is 9.36. The van der Waals surface area contributed by atoms with Crippen LogP contribution in [0.1, 0.15) is 25.3 Å². The van der Waals surface area contributed by atoms with Crippen LogP contribution >= 0.6 is 0 Å². The molecule has 0 saturated carbocycles. The highest BCUT2D eigenvalue weighted by Gasteiger charge is 2.10. The number of hydrogen-bond acceptors (Lipinski definition) is 4. The number of nitrogens with zero attached hydrogens (tertiary/aromatic N) is 1. The number of benzene rings is 1. The molecule has 1 atom stereocenters. The van der Waals surface area contributed by atoms with Gasteiger partial charge in [-0.1, -0.05) is 30.3 Å². The first-order valence-corrected chi connectivity index (χ1v) is 9.83. The van der Waals surface area contributed by atoms with Gasteiger partial charge in [0.15, 0.2) is 5.96 Å². The lowest BCUT2D eigenvalue weighted by molar-refractivity contribution is 0.268. The zero-order chi connectivity index (χ0) is 17.8. The summed E-state index contributed by atoms with van der Waals surface area (Å²) in [7, 11) is -3.18. The van der Waals surface area contributed by atoms with Gasteiger partial charge in [-0.3, -0.25) is 4.99 Å². The number of sulfonamides is 1. The second kappa shape index (κ2) is 11.0. The van der Waals surface area contributed by atoms with Crippen LogP contribution in [0, 0.1) is 0 Å². The Labute approximate surface area is 144 Å². The van der Waals surface area contributed by atoms with Crippen LogP contribution in [0.25, 0.3) is 0 Å². The van der Waals surface area contributed by atoms with Gasteiger partial charge in [-0.2, -0.15) is 0 Å². The topological polar surface area (TPSA) is 103 Å². The summed E-state index contributed by atoms with van der Waals surface area (Å²) in [6.07, 6.45) is 0. The highest BCUT2D eigenvalue weighted by molar-refractivity contribution is 7.89. The molecule has 8 heteroatoms. The molecule has 1 aromatic carbocycles. The number of nitrogens with one attached hydrogen (secondary N) is 3. The van der Waals surface area contributed by atoms with Gasteiger partial charge in [0, 0.05) is 25.6 Å². The molecule has 1 rings (SSSR count). The Balaban J connectivity index is 2.55. The zero-order valence-electron chi connectivity index (χ0n) is 14.3. The molecule has 0 amide bonds. The lowest BCUT2D eigenvalue weighted by Crippen LogP contribution is -2.42. The van der Waals surface area contributed by atoms with E-state index in [0.29, 0.717) is 32.1 Å². The largest absolute Gasteiger partial charge is 0.396 e. The van der Waals surface area contributed by atoms with Crippen molar-refractivity contribution in [2.75, 3.05) is 38.5 Å². The van der Waals surface area contributed by atoms with Crippen molar-refractivity contribution < 1.29 is 13.5 Å². The zero-order valence-corrected chi connectivity index (χ0v) is 15.1. The van der Waals surface area contributed by atoms with Crippen molar-refractivity contribution in [2.45, 2.75) is 19.8 Å². The van der Waals surface area contributed by atoms with Crippen molar-refractivity contribution in [3.63, 3.8) is 0 Å². The minimum Gasteiger partial charge on any atom is -0.396 e. The molecule has 0 aliphatic carbocycles. The molecule has 0 spiro atoms. The molecule has 0 bridgehead atoms. The summed E-state index contributed by atoms with van der Waals surface area (Å²) < 4.78 is 25.2. The van der Waals surface area contributed by atoms with Crippen molar-refractivity contribution in [1.29, 1.82) is 0 Å². The molecule has 24 heavy (non-hydrogen) atoms. The second-order valence-corrected chi connectivity index (χ2v) is 7.33. The monoisotopic (exact) mass is 356 g/mol. The van der Waals surface area contributed by atoms with E-state index < -0.39 is 10.0 Å². The summed E-state index contributed by atoms with van der Waals surface area (Å²) in [5.41, 5.74) is 1.04. The maximum absolute atomic E-state index is 11.4. The van der Waals surface area contributed by atoms with E-state index in [9.17, 15) is 13.5 Å². The van der Waals surface area contributed by atoms with E-state index in [4.69, 9.17) is 0 Å². The minimum absolute atomic E-state index is 0.0171. The molecule has 0 saturated heterocycles. The van der Waals surface area contributed by atoms with Gasteiger partial charge in [0.05, 0.1) is 18.9 Å². The Morgan fingerprint density at radius 1 is 1.17 bits per heavy atom. The molecule has 0 aliphatic rings. The number of guanidine groups is 1. The fraction of sp³-hybridized carbons (Fsp3) is 0.562. The summed E-state index contributed by atoms with van der Waals surface area (Å²) in [6, 6.07) is 9.74. The third-order valence-electron chi connectivity index (χ3n) is 3.42. The smallest absolute Gasteiger partial charge is 0.211 e. The highest BCUT2D eigenvalue weighted by atomic mass is 32.2. The highest BCUT2D eigenvalue weighted by Crippen LogP contribution is 2.14. The average Bonchev–Trinajstić information content (AvgIpc) is 2.60. The van der Waals surface area contributed by atoms with Crippen LogP contribution < -0.4 is 15.4 Å². The molecule has 136 valence electrons. The van der Waals surface area contributed by atoms with Crippen molar-refractivity contribution in [3.8, 4) is 0 Å². The molecule has 0 aliphatic heterocycles. The standard InChI is InChI=1S/C16H28N4O3S/c1-3-17-16(18-10-11-20-24(22,23)4-2)19-12-15(13-21)14-8-6-5-7-9-14/h5-9,15,20-21H,3-4,10-13H2,1-2H3,(H2,17,18,19). The van der Waals surface area contributed by atoms with Gasteiger partial charge in [0.1, 0.15) is 0 Å². The van der Waals surface area contributed by atoms with Gasteiger partial charge < -0.3 is 15.7 Å². The molecule has 1 unspecified atom stereocenters. The Hall–Kier alpha value is -1.64. The number of aliphatic hydroxyl groups is 1. The predicted octanol–water partition coefficient (Wildman–Crippen LogP) is 0.257. The van der Waals surface area contributed by atoms with Crippen LogP contribution in [-0.2, 0) is 10.0 Å². The number of hydrogen-bond donors (Lipinski definition) is 4. The van der Waals surface area contributed by atoms with Crippen LogP contribution in [-0.4, -0.2) is 58.0 Å². The average molecular weight is 356 g/mol. The second-order valence-electron chi connectivity index (χ2n) is 5.23. The van der Waals surface area contributed by atoms with Crippen LogP contribution in [0.5, 0.6) is 0 Å². The lowest BCUT2D eigenvalue weighted by Gasteiger charge is -2.15. The van der Waals surface area contributed by atoms with Gasteiger partial charge in [0.2, 0.25) is 10.0 Å². The van der Waals surface area contributed by atoms with Gasteiger partial charge in [-0.15, -0.1) is 0 Å². The first-order valence-electron chi connectivity index (χ1n) is 8.17. The quantitative estimate of drug-likeness (QED) is 0.274. The van der Waals surface area contributed by atoms with E-state index in [2.05, 4.69) is 20.3 Å². The van der Waals surface area contributed by atoms with Crippen LogP contribution in [0.3, 0.4) is 0 Å². The molecular weight excluding hydrogens is 328 g/mol. The molecular formula is C16H28N4O3S. The minimum atomic E-state index is -3.18. The Morgan fingerprint density at radius 3 is 2.46 bits per heavy atom. The maximum atomic E-state index is 11.4. The molecule has 4 N–H and O–H groups in total. The van der Waals surface area contributed by atoms with Crippen LogP contribution in [0.4, 0.5) is 0 Å². The molecule has 0 aromatic heterocycles. The molecule has 0 fully saturated rings. The molecule has 0 heterocycles. The predicted molar refractivity (Wildman–Crippen MR) is 97.7 cm³/mol. The van der Waals surface area contributed by atoms with Gasteiger partial charge in [0.25, 0.3) is 0 Å². The van der Waals surface area contributed by atoms with E-state index in [0.717, 1.165) is 5.56 Å². The third-order valence-corrected chi connectivity index (χ3v) is 4.83. The van der Waals surface area contributed by atoms with Gasteiger partial charge in [-0.05, 0) is 19.4 Å². The molecule has 0 radical (unpaired) electrons. The summed E-state index contributed by atoms with van der Waals surface area (Å²) in [6.45, 7) is 5.43. The summed E-state index contributed by atoms with van der Waals surface area (Å²) >= 11 is 0. The Bertz CT molecular complexity index is 591. The van der Waals surface area contributed by atoms with E-state index in [-0.39, 0.29) is 18.3 Å². The fourth-order valence-electron chi connectivity index (χ4n) is 2.03. The van der Waals surface area contributed by atoms with Crippen molar-refractivity contribution >= 4 is 16.0 Å². The van der Waals surface area contributed by atoms with E-state index >= 15 is 0 Å². The normalized spacial score (nSPS) is 13.5. The number of rotatable bonds is 10. The van der Waals surface area contributed by atoms with Crippen LogP contribution in [0.2, 0.25) is 0 Å². The summed E-state index contributed by atoms with van der Waals surface area (Å²) in [5, 5.41) is 15.8. The van der Waals surface area contributed by atoms with E-state index in [1.54, 1.807) is 6.92 Å². The summed E-state index contributed by atoms with van der Waals surface area (Å²) in [4.78, 5) is 4.47. The van der Waals surface area contributed by atoms with Gasteiger partial charge >= 0.3 is 0 Å². The van der Waals surface area contributed by atoms with Crippen molar-refractivity contribution in [2.24, 2.45) is 4.99 Å². The lowest BCUT2D eigenvalue weighted by atomic mass is 10.0. The van der Waals surface area contributed by atoms with Gasteiger partial charge in [-0.25, -0.2) is 13.1 Å². The fourth-order valence-corrected chi connectivity index (χ4v) is 2.64. The first-order chi connectivity index (χ1) is 11.5. The molecule has 7 nitrogen and oxygen atoms in total. The molecule has 1 aromatic rings. The maximum Gasteiger partial charge on any atom is 0.211 e. The number of aliphatic hydroxyl groups excluding tert-OH is 1. The SMILES string of the molecule is CCNC(=NCC(CO)c1ccccc1)NCCNS(=O)(=O)CC. The van der Waals surface area contributed by atoms with E-state index in [1.165, 1.54) is 0 Å². The third kappa shape index (κ3) is 7.76. The first kappa shape index (κ1) is 20.4. The van der Waals surface area contributed by atoms with Crippen molar-refractivity contribution in [3.05, 3.63) is 35.9 Å².